The molecule has 0 aliphatic carbocycles. The minimum absolute atomic E-state index is 0.282. The van der Waals surface area contributed by atoms with Gasteiger partial charge in [-0.15, -0.1) is 0 Å². The van der Waals surface area contributed by atoms with Crippen LogP contribution in [0, 0.1) is 0 Å². The highest BCUT2D eigenvalue weighted by molar-refractivity contribution is 6.42. The summed E-state index contributed by atoms with van der Waals surface area (Å²) in [7, 11) is 0. The molecule has 150 valence electrons. The summed E-state index contributed by atoms with van der Waals surface area (Å²) in [5, 5.41) is 14.8. The van der Waals surface area contributed by atoms with E-state index in [0.717, 1.165) is 11.3 Å². The Balaban J connectivity index is 1.90. The van der Waals surface area contributed by atoms with E-state index in [1.54, 1.807) is 27.4 Å². The monoisotopic (exact) mass is 433 g/mol. The molecule has 4 rings (SSSR count). The molecule has 0 radical (unpaired) electrons. The number of fused-ring (bicyclic) bond motifs is 1. The topological polar surface area (TPSA) is 86.4 Å². The van der Waals surface area contributed by atoms with E-state index in [1.165, 1.54) is 6.07 Å². The van der Waals surface area contributed by atoms with Gasteiger partial charge in [-0.25, -0.2) is 4.79 Å². The Hall–Kier alpha value is -2.61. The maximum absolute atomic E-state index is 12.7. The van der Waals surface area contributed by atoms with Gasteiger partial charge in [-0.1, -0.05) is 29.3 Å². The Kier molecular flexibility index (Phi) is 5.21. The molecule has 0 bridgehead atoms. The molecule has 3 aromatic rings. The number of halogens is 2. The van der Waals surface area contributed by atoms with E-state index in [0.29, 0.717) is 48.3 Å². The largest absolute Gasteiger partial charge is 0.477 e. The van der Waals surface area contributed by atoms with Crippen LogP contribution in [0.2, 0.25) is 10.0 Å². The first kappa shape index (κ1) is 19.7. The van der Waals surface area contributed by atoms with Crippen molar-refractivity contribution in [2.24, 2.45) is 0 Å². The van der Waals surface area contributed by atoms with Crippen LogP contribution in [0.15, 0.2) is 35.3 Å². The average molecular weight is 434 g/mol. The number of aromatic nitrogens is 3. The predicted molar refractivity (Wildman–Crippen MR) is 109 cm³/mol. The van der Waals surface area contributed by atoms with Gasteiger partial charge in [0.15, 0.2) is 5.43 Å². The summed E-state index contributed by atoms with van der Waals surface area (Å²) >= 11 is 12.2. The van der Waals surface area contributed by atoms with Crippen LogP contribution in [0.3, 0.4) is 0 Å². The number of benzene rings is 1. The fourth-order valence-electron chi connectivity index (χ4n) is 3.59. The zero-order valence-electron chi connectivity index (χ0n) is 15.5. The van der Waals surface area contributed by atoms with Crippen molar-refractivity contribution < 1.29 is 14.6 Å². The number of hydrogen-bond donors (Lipinski definition) is 1. The van der Waals surface area contributed by atoms with Crippen LogP contribution in [0.5, 0.6) is 0 Å². The van der Waals surface area contributed by atoms with E-state index in [4.69, 9.17) is 27.9 Å². The molecule has 0 spiro atoms. The molecule has 1 N–H and O–H groups in total. The van der Waals surface area contributed by atoms with Crippen LogP contribution >= 0.6 is 23.2 Å². The van der Waals surface area contributed by atoms with E-state index in [-0.39, 0.29) is 10.6 Å². The van der Waals surface area contributed by atoms with Crippen molar-refractivity contribution in [1.29, 1.82) is 0 Å². The van der Waals surface area contributed by atoms with Gasteiger partial charge in [-0.05, 0) is 19.1 Å². The molecule has 29 heavy (non-hydrogen) atoms. The van der Waals surface area contributed by atoms with Crippen molar-refractivity contribution in [3.05, 3.63) is 73.2 Å². The van der Waals surface area contributed by atoms with Gasteiger partial charge in [-0.2, -0.15) is 5.10 Å². The number of carboxylic acids is 1. The summed E-state index contributed by atoms with van der Waals surface area (Å²) in [6.45, 7) is 3.65. The fourth-order valence-corrected chi connectivity index (χ4v) is 3.89. The minimum atomic E-state index is -1.29. The third-order valence-corrected chi connectivity index (χ3v) is 5.60. The van der Waals surface area contributed by atoms with Gasteiger partial charge in [0.2, 0.25) is 0 Å². The minimum Gasteiger partial charge on any atom is -0.477 e. The molecular formula is C20H17Cl2N3O4. The number of aromatic carboxylic acids is 1. The Morgan fingerprint density at radius 2 is 2.03 bits per heavy atom. The highest BCUT2D eigenvalue weighted by Gasteiger charge is 2.23. The van der Waals surface area contributed by atoms with Gasteiger partial charge in [0.25, 0.3) is 0 Å². The maximum Gasteiger partial charge on any atom is 0.341 e. The van der Waals surface area contributed by atoms with E-state index < -0.39 is 11.4 Å². The number of rotatable bonds is 5. The number of carbonyl (C=O) groups is 1. The van der Waals surface area contributed by atoms with Crippen molar-refractivity contribution in [3.8, 4) is 11.3 Å². The van der Waals surface area contributed by atoms with Crippen molar-refractivity contribution in [1.82, 2.24) is 14.3 Å². The Bertz CT molecular complexity index is 1160. The van der Waals surface area contributed by atoms with Gasteiger partial charge < -0.3 is 14.4 Å². The van der Waals surface area contributed by atoms with Gasteiger partial charge in [-0.3, -0.25) is 9.48 Å². The SMILES string of the molecule is CCn1c(Cn2cc3c(n2)COC3)cc(=O)c(C(=O)O)c1-c1ccc(Cl)c(Cl)c1. The van der Waals surface area contributed by atoms with E-state index in [2.05, 4.69) is 5.10 Å². The second-order valence-electron chi connectivity index (χ2n) is 6.69. The number of ether oxygens (including phenoxy) is 1. The van der Waals surface area contributed by atoms with Crippen LogP contribution in [-0.2, 0) is 31.0 Å². The molecule has 1 aromatic carbocycles. The predicted octanol–water partition coefficient (Wildman–Crippen LogP) is 3.82. The summed E-state index contributed by atoms with van der Waals surface area (Å²) in [4.78, 5) is 24.6. The van der Waals surface area contributed by atoms with Gasteiger partial charge in [0, 0.05) is 35.6 Å². The van der Waals surface area contributed by atoms with E-state index in [9.17, 15) is 14.7 Å². The molecule has 7 nitrogen and oxygen atoms in total. The summed E-state index contributed by atoms with van der Waals surface area (Å²) in [5.41, 5.74) is 2.47. The van der Waals surface area contributed by atoms with Crippen LogP contribution < -0.4 is 5.43 Å². The van der Waals surface area contributed by atoms with E-state index in [1.807, 2.05) is 13.1 Å². The second kappa shape index (κ2) is 7.67. The van der Waals surface area contributed by atoms with Crippen molar-refractivity contribution in [2.45, 2.75) is 33.2 Å². The summed E-state index contributed by atoms with van der Waals surface area (Å²) in [5.74, 6) is -1.29. The van der Waals surface area contributed by atoms with Crippen LogP contribution in [-0.4, -0.2) is 25.4 Å². The average Bonchev–Trinajstić information content (AvgIpc) is 3.24. The second-order valence-corrected chi connectivity index (χ2v) is 7.51. The molecule has 1 aliphatic heterocycles. The van der Waals surface area contributed by atoms with Crippen LogP contribution in [0.25, 0.3) is 11.3 Å². The fraction of sp³-hybridized carbons (Fsp3) is 0.250. The Morgan fingerprint density at radius 3 is 2.69 bits per heavy atom. The van der Waals surface area contributed by atoms with Gasteiger partial charge in [0.05, 0.1) is 41.2 Å². The lowest BCUT2D eigenvalue weighted by atomic mass is 10.0. The van der Waals surface area contributed by atoms with Crippen molar-refractivity contribution in [3.63, 3.8) is 0 Å². The Labute approximate surface area is 176 Å². The number of pyridine rings is 1. The molecule has 9 heteroatoms. The highest BCUT2D eigenvalue weighted by Crippen LogP contribution is 2.31. The molecule has 2 aromatic heterocycles. The molecule has 0 saturated carbocycles. The molecule has 0 unspecified atom stereocenters. The zero-order chi connectivity index (χ0) is 20.7. The van der Waals surface area contributed by atoms with Crippen molar-refractivity contribution in [2.75, 3.05) is 0 Å². The number of nitrogens with zero attached hydrogens (tertiary/aromatic N) is 3. The quantitative estimate of drug-likeness (QED) is 0.660. The summed E-state index contributed by atoms with van der Waals surface area (Å²) in [6.07, 6.45) is 1.89. The third-order valence-electron chi connectivity index (χ3n) is 4.87. The van der Waals surface area contributed by atoms with Crippen LogP contribution in [0.4, 0.5) is 0 Å². The van der Waals surface area contributed by atoms with Crippen molar-refractivity contribution >= 4 is 29.2 Å². The first-order chi connectivity index (χ1) is 13.9. The molecular weight excluding hydrogens is 417 g/mol. The lowest BCUT2D eigenvalue weighted by molar-refractivity contribution is 0.0695. The molecule has 0 saturated heterocycles. The normalized spacial score (nSPS) is 12.9. The molecule has 1 aliphatic rings. The first-order valence-electron chi connectivity index (χ1n) is 8.97. The summed E-state index contributed by atoms with van der Waals surface area (Å²) in [6, 6.07) is 6.17. The maximum atomic E-state index is 12.7. The summed E-state index contributed by atoms with van der Waals surface area (Å²) < 4.78 is 8.89. The Morgan fingerprint density at radius 1 is 1.24 bits per heavy atom. The zero-order valence-corrected chi connectivity index (χ0v) is 17.0. The first-order valence-corrected chi connectivity index (χ1v) is 9.73. The van der Waals surface area contributed by atoms with Gasteiger partial charge >= 0.3 is 5.97 Å². The highest BCUT2D eigenvalue weighted by atomic mass is 35.5. The van der Waals surface area contributed by atoms with Gasteiger partial charge in [0.1, 0.15) is 5.56 Å². The number of hydrogen-bond acceptors (Lipinski definition) is 4. The lowest BCUT2D eigenvalue weighted by Gasteiger charge is -2.20. The molecule has 0 atom stereocenters. The van der Waals surface area contributed by atoms with E-state index >= 15 is 0 Å². The lowest BCUT2D eigenvalue weighted by Crippen LogP contribution is -2.24. The molecule has 0 amide bonds. The standard InChI is InChI=1S/C20H17Cl2N3O4/c1-2-25-13(8-24-7-12-9-29-10-16(12)23-24)6-17(26)18(20(27)28)19(25)11-3-4-14(21)15(22)5-11/h3-7H,2,8-10H2,1H3,(H,27,28). The molecule has 3 heterocycles. The van der Waals surface area contributed by atoms with Crippen LogP contribution in [0.1, 0.15) is 34.2 Å². The smallest absolute Gasteiger partial charge is 0.341 e. The number of carboxylic acid groups (broad SMARTS) is 1. The molecule has 0 fully saturated rings. The third kappa shape index (κ3) is 3.57.